The van der Waals surface area contributed by atoms with Gasteiger partial charge >= 0.3 is 0 Å². The number of amides is 1. The van der Waals surface area contributed by atoms with Crippen LogP contribution in [0.3, 0.4) is 0 Å². The van der Waals surface area contributed by atoms with Gasteiger partial charge in [0.1, 0.15) is 0 Å². The maximum absolute atomic E-state index is 10.9. The van der Waals surface area contributed by atoms with Crippen molar-refractivity contribution in [3.63, 3.8) is 0 Å². The summed E-state index contributed by atoms with van der Waals surface area (Å²) in [6.07, 6.45) is 1.56. The lowest BCUT2D eigenvalue weighted by Crippen LogP contribution is -2.18. The molecule has 1 aromatic carbocycles. The average molecular weight is 283 g/mol. The van der Waals surface area contributed by atoms with Crippen molar-refractivity contribution >= 4 is 5.91 Å². The minimum absolute atomic E-state index is 0.0564. The summed E-state index contributed by atoms with van der Waals surface area (Å²) in [5, 5.41) is 6.62. The zero-order chi connectivity index (χ0) is 14.7. The molecule has 0 spiro atoms. The number of furan rings is 1. The predicted octanol–water partition coefficient (Wildman–Crippen LogP) is 2.63. The SMILES string of the molecule is CC(=O)NCc1ccc(-c2nc(-c3ccco3)no2)cc1. The van der Waals surface area contributed by atoms with E-state index in [1.54, 1.807) is 18.4 Å². The summed E-state index contributed by atoms with van der Waals surface area (Å²) in [6, 6.07) is 11.1. The fourth-order valence-corrected chi connectivity index (χ4v) is 1.84. The molecule has 0 saturated carbocycles. The predicted molar refractivity (Wildman–Crippen MR) is 75.0 cm³/mol. The number of benzene rings is 1. The van der Waals surface area contributed by atoms with Crippen molar-refractivity contribution in [2.24, 2.45) is 0 Å². The Labute approximate surface area is 120 Å². The third-order valence-corrected chi connectivity index (χ3v) is 2.91. The number of nitrogens with one attached hydrogen (secondary N) is 1. The smallest absolute Gasteiger partial charge is 0.258 e. The van der Waals surface area contributed by atoms with Crippen molar-refractivity contribution < 1.29 is 13.7 Å². The van der Waals surface area contributed by atoms with Crippen LogP contribution in [0.4, 0.5) is 0 Å². The highest BCUT2D eigenvalue weighted by Crippen LogP contribution is 2.22. The molecule has 0 radical (unpaired) electrons. The first kappa shape index (κ1) is 13.1. The summed E-state index contributed by atoms with van der Waals surface area (Å²) in [7, 11) is 0. The van der Waals surface area contributed by atoms with Gasteiger partial charge < -0.3 is 14.3 Å². The molecule has 0 unspecified atom stereocenters. The van der Waals surface area contributed by atoms with E-state index in [1.165, 1.54) is 6.92 Å². The Morgan fingerprint density at radius 3 is 2.71 bits per heavy atom. The molecule has 3 rings (SSSR count). The van der Waals surface area contributed by atoms with Gasteiger partial charge in [0.05, 0.1) is 6.26 Å². The molecule has 0 saturated heterocycles. The first-order valence-electron chi connectivity index (χ1n) is 6.44. The molecular weight excluding hydrogens is 270 g/mol. The van der Waals surface area contributed by atoms with Gasteiger partial charge in [-0.05, 0) is 29.8 Å². The van der Waals surface area contributed by atoms with Crippen molar-refractivity contribution in [2.75, 3.05) is 0 Å². The first-order valence-corrected chi connectivity index (χ1v) is 6.44. The van der Waals surface area contributed by atoms with E-state index < -0.39 is 0 Å². The van der Waals surface area contributed by atoms with Gasteiger partial charge in [0.15, 0.2) is 5.76 Å². The van der Waals surface area contributed by atoms with E-state index in [-0.39, 0.29) is 5.91 Å². The van der Waals surface area contributed by atoms with Crippen LogP contribution in [0.15, 0.2) is 51.6 Å². The Balaban J connectivity index is 1.76. The van der Waals surface area contributed by atoms with Gasteiger partial charge in [-0.2, -0.15) is 4.98 Å². The van der Waals surface area contributed by atoms with Crippen LogP contribution in [0.1, 0.15) is 12.5 Å². The maximum atomic E-state index is 10.9. The second kappa shape index (κ2) is 5.62. The van der Waals surface area contributed by atoms with Gasteiger partial charge in [0, 0.05) is 19.0 Å². The normalized spacial score (nSPS) is 10.5. The quantitative estimate of drug-likeness (QED) is 0.796. The molecule has 6 heteroatoms. The van der Waals surface area contributed by atoms with Crippen LogP contribution < -0.4 is 5.32 Å². The number of nitrogens with zero attached hydrogens (tertiary/aromatic N) is 2. The summed E-state index contributed by atoms with van der Waals surface area (Å²) in [6.45, 7) is 1.99. The van der Waals surface area contributed by atoms with E-state index in [9.17, 15) is 4.79 Å². The van der Waals surface area contributed by atoms with Crippen LogP contribution in [-0.2, 0) is 11.3 Å². The number of hydrogen-bond acceptors (Lipinski definition) is 5. The third kappa shape index (κ3) is 3.00. The van der Waals surface area contributed by atoms with Crippen molar-refractivity contribution in [2.45, 2.75) is 13.5 Å². The molecule has 0 aliphatic carbocycles. The summed E-state index contributed by atoms with van der Waals surface area (Å²) in [5.41, 5.74) is 1.81. The molecular formula is C15H13N3O3. The van der Waals surface area contributed by atoms with Gasteiger partial charge in [-0.25, -0.2) is 0 Å². The fraction of sp³-hybridized carbons (Fsp3) is 0.133. The van der Waals surface area contributed by atoms with Crippen molar-refractivity contribution in [1.82, 2.24) is 15.5 Å². The molecule has 1 N–H and O–H groups in total. The molecule has 3 aromatic rings. The molecule has 0 bridgehead atoms. The van der Waals surface area contributed by atoms with Gasteiger partial charge in [0.2, 0.25) is 11.7 Å². The largest absolute Gasteiger partial charge is 0.461 e. The van der Waals surface area contributed by atoms with E-state index in [1.807, 2.05) is 24.3 Å². The topological polar surface area (TPSA) is 81.2 Å². The molecule has 1 amide bonds. The molecule has 0 aliphatic rings. The number of rotatable bonds is 4. The molecule has 2 aromatic heterocycles. The molecule has 2 heterocycles. The maximum Gasteiger partial charge on any atom is 0.258 e. The Hall–Kier alpha value is -2.89. The van der Waals surface area contributed by atoms with Crippen LogP contribution in [0.25, 0.3) is 23.0 Å². The molecule has 0 aliphatic heterocycles. The van der Waals surface area contributed by atoms with Gasteiger partial charge in [-0.1, -0.05) is 17.3 Å². The Morgan fingerprint density at radius 1 is 1.24 bits per heavy atom. The van der Waals surface area contributed by atoms with Gasteiger partial charge in [-0.3, -0.25) is 4.79 Å². The zero-order valence-electron chi connectivity index (χ0n) is 11.4. The monoisotopic (exact) mass is 283 g/mol. The second-order valence-corrected chi connectivity index (χ2v) is 4.51. The van der Waals surface area contributed by atoms with Crippen LogP contribution in [0.2, 0.25) is 0 Å². The van der Waals surface area contributed by atoms with Crippen molar-refractivity contribution in [3.8, 4) is 23.0 Å². The Bertz CT molecular complexity index is 730. The van der Waals surface area contributed by atoms with Crippen molar-refractivity contribution in [3.05, 3.63) is 48.2 Å². The third-order valence-electron chi connectivity index (χ3n) is 2.91. The molecule has 6 nitrogen and oxygen atoms in total. The Kier molecular flexibility index (Phi) is 3.51. The van der Waals surface area contributed by atoms with Crippen LogP contribution in [0, 0.1) is 0 Å². The van der Waals surface area contributed by atoms with Crippen LogP contribution >= 0.6 is 0 Å². The number of hydrogen-bond donors (Lipinski definition) is 1. The molecule has 0 atom stereocenters. The lowest BCUT2D eigenvalue weighted by molar-refractivity contribution is -0.119. The van der Waals surface area contributed by atoms with Gasteiger partial charge in [0.25, 0.3) is 5.89 Å². The molecule has 21 heavy (non-hydrogen) atoms. The Morgan fingerprint density at radius 2 is 2.05 bits per heavy atom. The standard InChI is InChI=1S/C15H13N3O3/c1-10(19)16-9-11-4-6-12(7-5-11)15-17-14(18-21-15)13-3-2-8-20-13/h2-8H,9H2,1H3,(H,16,19). The number of carbonyl (C=O) groups excluding carboxylic acids is 1. The molecule has 0 fully saturated rings. The van der Waals surface area contributed by atoms with E-state index in [0.29, 0.717) is 24.0 Å². The van der Waals surface area contributed by atoms with E-state index in [2.05, 4.69) is 15.5 Å². The van der Waals surface area contributed by atoms with Gasteiger partial charge in [-0.15, -0.1) is 0 Å². The average Bonchev–Trinajstić information content (AvgIpc) is 3.16. The van der Waals surface area contributed by atoms with Crippen LogP contribution in [-0.4, -0.2) is 16.0 Å². The van der Waals surface area contributed by atoms with E-state index in [0.717, 1.165) is 11.1 Å². The van der Waals surface area contributed by atoms with E-state index in [4.69, 9.17) is 8.94 Å². The fourth-order valence-electron chi connectivity index (χ4n) is 1.84. The summed E-state index contributed by atoms with van der Waals surface area (Å²) in [5.74, 6) is 1.34. The van der Waals surface area contributed by atoms with Crippen LogP contribution in [0.5, 0.6) is 0 Å². The minimum atomic E-state index is -0.0564. The minimum Gasteiger partial charge on any atom is -0.461 e. The molecule has 106 valence electrons. The second-order valence-electron chi connectivity index (χ2n) is 4.51. The highest BCUT2D eigenvalue weighted by Gasteiger charge is 2.12. The highest BCUT2D eigenvalue weighted by atomic mass is 16.5. The first-order chi connectivity index (χ1) is 10.2. The lowest BCUT2D eigenvalue weighted by Gasteiger charge is -2.02. The summed E-state index contributed by atoms with van der Waals surface area (Å²) >= 11 is 0. The number of aromatic nitrogens is 2. The lowest BCUT2D eigenvalue weighted by atomic mass is 10.1. The summed E-state index contributed by atoms with van der Waals surface area (Å²) < 4.78 is 10.4. The summed E-state index contributed by atoms with van der Waals surface area (Å²) in [4.78, 5) is 15.2. The highest BCUT2D eigenvalue weighted by molar-refractivity contribution is 5.72. The van der Waals surface area contributed by atoms with Crippen molar-refractivity contribution in [1.29, 1.82) is 0 Å². The number of carbonyl (C=O) groups is 1. The van der Waals surface area contributed by atoms with E-state index >= 15 is 0 Å². The zero-order valence-corrected chi connectivity index (χ0v) is 11.4.